The van der Waals surface area contributed by atoms with Gasteiger partial charge in [0.15, 0.2) is 0 Å². The second-order valence-corrected chi connectivity index (χ2v) is 9.63. The average molecular weight is 397 g/mol. The fourth-order valence-electron chi connectivity index (χ4n) is 4.11. The lowest BCUT2D eigenvalue weighted by atomic mass is 9.92. The molecule has 2 aliphatic rings. The summed E-state index contributed by atoms with van der Waals surface area (Å²) in [6.45, 7) is 0.761. The molecule has 1 aromatic rings. The molecule has 0 unspecified atom stereocenters. The van der Waals surface area contributed by atoms with Crippen molar-refractivity contribution in [1.29, 1.82) is 0 Å². The van der Waals surface area contributed by atoms with Crippen molar-refractivity contribution in [3.8, 4) is 0 Å². The van der Waals surface area contributed by atoms with Crippen molar-refractivity contribution in [2.45, 2.75) is 68.7 Å². The number of nitrogens with one attached hydrogen (secondary N) is 1. The molecule has 1 aliphatic carbocycles. The Kier molecular flexibility index (Phi) is 6.87. The minimum absolute atomic E-state index is 0.114. The van der Waals surface area contributed by atoms with Crippen LogP contribution in [0.4, 0.5) is 4.39 Å². The molecule has 1 N–H and O–H groups in total. The van der Waals surface area contributed by atoms with Gasteiger partial charge in [-0.1, -0.05) is 31.4 Å². The Bertz CT molecular complexity index is 739. The van der Waals surface area contributed by atoms with E-state index >= 15 is 0 Å². The number of carbonyl (C=O) groups is 1. The zero-order chi connectivity index (χ0) is 19.3. The van der Waals surface area contributed by atoms with Gasteiger partial charge in [0.2, 0.25) is 15.9 Å². The van der Waals surface area contributed by atoms with Crippen molar-refractivity contribution < 1.29 is 17.6 Å². The molecular formula is C20H29FN2O3S. The van der Waals surface area contributed by atoms with E-state index in [0.717, 1.165) is 19.3 Å². The molecular weight excluding hydrogens is 367 g/mol. The molecule has 0 radical (unpaired) electrons. The van der Waals surface area contributed by atoms with Crippen LogP contribution in [0.3, 0.4) is 0 Å². The van der Waals surface area contributed by atoms with E-state index in [1.54, 1.807) is 0 Å². The van der Waals surface area contributed by atoms with E-state index in [-0.39, 0.29) is 10.8 Å². The van der Waals surface area contributed by atoms with E-state index in [4.69, 9.17) is 0 Å². The molecule has 1 saturated carbocycles. The van der Waals surface area contributed by atoms with Crippen LogP contribution in [-0.4, -0.2) is 37.8 Å². The summed E-state index contributed by atoms with van der Waals surface area (Å²) in [7, 11) is -3.79. The van der Waals surface area contributed by atoms with Gasteiger partial charge in [-0.25, -0.2) is 12.8 Å². The monoisotopic (exact) mass is 396 g/mol. The first-order valence-corrected chi connectivity index (χ1v) is 11.4. The van der Waals surface area contributed by atoms with Gasteiger partial charge in [-0.05, 0) is 50.2 Å². The summed E-state index contributed by atoms with van der Waals surface area (Å²) in [5.74, 6) is -0.253. The van der Waals surface area contributed by atoms with Gasteiger partial charge in [-0.15, -0.1) is 0 Å². The summed E-state index contributed by atoms with van der Waals surface area (Å²) < 4.78 is 40.5. The molecule has 1 aromatic carbocycles. The minimum Gasteiger partial charge on any atom is -0.353 e. The number of hydrogen-bond acceptors (Lipinski definition) is 3. The lowest BCUT2D eigenvalue weighted by Crippen LogP contribution is -2.39. The van der Waals surface area contributed by atoms with E-state index in [1.807, 2.05) is 0 Å². The lowest BCUT2D eigenvalue weighted by Gasteiger charge is -2.31. The number of sulfonamides is 1. The van der Waals surface area contributed by atoms with Gasteiger partial charge < -0.3 is 5.32 Å². The molecule has 0 aromatic heterocycles. The maximum atomic E-state index is 13.9. The fourth-order valence-corrected chi connectivity index (χ4v) is 5.65. The summed E-state index contributed by atoms with van der Waals surface area (Å²) in [4.78, 5) is 11.9. The predicted octanol–water partition coefficient (Wildman–Crippen LogP) is 3.46. The highest BCUT2D eigenvalue weighted by Gasteiger charge is 2.31. The molecule has 0 bridgehead atoms. The standard InChI is InChI=1S/C20H29FN2O3S/c21-18-8-4-5-9-19(18)27(25,26)23-14-12-16(13-15-23)10-11-20(24)22-17-6-2-1-3-7-17/h4-5,8-9,16-17H,1-3,6-7,10-15H2,(H,22,24). The molecule has 2 fully saturated rings. The van der Waals surface area contributed by atoms with Gasteiger partial charge in [-0.2, -0.15) is 4.31 Å². The van der Waals surface area contributed by atoms with Gasteiger partial charge in [0.05, 0.1) is 0 Å². The zero-order valence-electron chi connectivity index (χ0n) is 15.7. The molecule has 1 amide bonds. The smallest absolute Gasteiger partial charge is 0.245 e. The zero-order valence-corrected chi connectivity index (χ0v) is 16.5. The van der Waals surface area contributed by atoms with Crippen LogP contribution in [0.15, 0.2) is 29.2 Å². The van der Waals surface area contributed by atoms with E-state index < -0.39 is 15.8 Å². The van der Waals surface area contributed by atoms with Crippen LogP contribution in [0, 0.1) is 11.7 Å². The largest absolute Gasteiger partial charge is 0.353 e. The summed E-state index contributed by atoms with van der Waals surface area (Å²) in [6, 6.07) is 5.84. The number of halogens is 1. The van der Waals surface area contributed by atoms with Crippen LogP contribution in [0.25, 0.3) is 0 Å². The van der Waals surface area contributed by atoms with Gasteiger partial charge in [0.25, 0.3) is 0 Å². The highest BCUT2D eigenvalue weighted by molar-refractivity contribution is 7.89. The summed E-state index contributed by atoms with van der Waals surface area (Å²) in [6.07, 6.45) is 8.53. The van der Waals surface area contributed by atoms with E-state index in [0.29, 0.717) is 44.3 Å². The van der Waals surface area contributed by atoms with Gasteiger partial charge in [0.1, 0.15) is 10.7 Å². The molecule has 0 spiro atoms. The number of rotatable bonds is 6. The molecule has 150 valence electrons. The number of amides is 1. The number of carbonyl (C=O) groups excluding carboxylic acids is 1. The Morgan fingerprint density at radius 3 is 2.41 bits per heavy atom. The van der Waals surface area contributed by atoms with Crippen molar-refractivity contribution in [3.05, 3.63) is 30.1 Å². The second kappa shape index (κ2) is 9.15. The Morgan fingerprint density at radius 1 is 1.07 bits per heavy atom. The van der Waals surface area contributed by atoms with Crippen molar-refractivity contribution in [2.24, 2.45) is 5.92 Å². The minimum atomic E-state index is -3.79. The Hall–Kier alpha value is -1.47. The first-order chi connectivity index (χ1) is 13.0. The van der Waals surface area contributed by atoms with E-state index in [9.17, 15) is 17.6 Å². The highest BCUT2D eigenvalue weighted by atomic mass is 32.2. The van der Waals surface area contributed by atoms with Crippen molar-refractivity contribution in [1.82, 2.24) is 9.62 Å². The Balaban J connectivity index is 1.45. The fraction of sp³-hybridized carbons (Fsp3) is 0.650. The van der Waals surface area contributed by atoms with Crippen LogP contribution in [0.2, 0.25) is 0 Å². The number of piperidine rings is 1. The van der Waals surface area contributed by atoms with Crippen LogP contribution in [0.5, 0.6) is 0 Å². The third kappa shape index (κ3) is 5.29. The molecule has 1 heterocycles. The highest BCUT2D eigenvalue weighted by Crippen LogP contribution is 2.27. The Morgan fingerprint density at radius 2 is 1.74 bits per heavy atom. The van der Waals surface area contributed by atoms with Gasteiger partial charge in [-0.3, -0.25) is 4.79 Å². The topological polar surface area (TPSA) is 66.5 Å². The maximum absolute atomic E-state index is 13.9. The van der Waals surface area contributed by atoms with Crippen molar-refractivity contribution in [2.75, 3.05) is 13.1 Å². The Labute approximate surface area is 161 Å². The molecule has 27 heavy (non-hydrogen) atoms. The second-order valence-electron chi connectivity index (χ2n) is 7.72. The first-order valence-electron chi connectivity index (χ1n) is 10.0. The van der Waals surface area contributed by atoms with Crippen LogP contribution < -0.4 is 5.32 Å². The van der Waals surface area contributed by atoms with Crippen LogP contribution in [-0.2, 0) is 14.8 Å². The quantitative estimate of drug-likeness (QED) is 0.801. The number of hydrogen-bond donors (Lipinski definition) is 1. The third-order valence-corrected chi connectivity index (χ3v) is 7.71. The van der Waals surface area contributed by atoms with Gasteiger partial charge >= 0.3 is 0 Å². The predicted molar refractivity (Wildman–Crippen MR) is 102 cm³/mol. The first kappa shape index (κ1) is 20.3. The number of benzene rings is 1. The van der Waals surface area contributed by atoms with E-state index in [1.165, 1.54) is 47.8 Å². The molecule has 1 aliphatic heterocycles. The average Bonchev–Trinajstić information content (AvgIpc) is 2.68. The SMILES string of the molecule is O=C(CCC1CCN(S(=O)(=O)c2ccccc2F)CC1)NC1CCCCC1. The summed E-state index contributed by atoms with van der Waals surface area (Å²) >= 11 is 0. The maximum Gasteiger partial charge on any atom is 0.245 e. The van der Waals surface area contributed by atoms with E-state index in [2.05, 4.69) is 5.32 Å². The van der Waals surface area contributed by atoms with Gasteiger partial charge in [0, 0.05) is 25.6 Å². The summed E-state index contributed by atoms with van der Waals surface area (Å²) in [5, 5.41) is 3.13. The lowest BCUT2D eigenvalue weighted by molar-refractivity contribution is -0.122. The molecule has 1 saturated heterocycles. The number of nitrogens with zero attached hydrogens (tertiary/aromatic N) is 1. The van der Waals surface area contributed by atoms with Crippen molar-refractivity contribution >= 4 is 15.9 Å². The molecule has 5 nitrogen and oxygen atoms in total. The third-order valence-electron chi connectivity index (χ3n) is 5.78. The summed E-state index contributed by atoms with van der Waals surface area (Å²) in [5.41, 5.74) is 0. The van der Waals surface area contributed by atoms with Crippen LogP contribution >= 0.6 is 0 Å². The van der Waals surface area contributed by atoms with Crippen molar-refractivity contribution in [3.63, 3.8) is 0 Å². The molecule has 7 heteroatoms. The molecule has 3 rings (SSSR count). The normalized spacial score (nSPS) is 20.5. The molecule has 0 atom stereocenters. The van der Waals surface area contributed by atoms with Crippen LogP contribution in [0.1, 0.15) is 57.8 Å².